The van der Waals surface area contributed by atoms with Crippen molar-refractivity contribution in [3.63, 3.8) is 0 Å². The fraction of sp³-hybridized carbons (Fsp3) is 0.346. The molecule has 1 N–H and O–H groups in total. The Balaban J connectivity index is 1.53. The van der Waals surface area contributed by atoms with E-state index in [-0.39, 0.29) is 12.0 Å². The molecule has 0 amide bonds. The molecule has 0 spiro atoms. The third kappa shape index (κ3) is 4.33. The number of nitrogens with zero attached hydrogens (tertiary/aromatic N) is 4. The number of halogens is 1. The van der Waals surface area contributed by atoms with Crippen LogP contribution in [-0.4, -0.2) is 31.8 Å². The van der Waals surface area contributed by atoms with Crippen LogP contribution in [0.4, 0.5) is 10.2 Å². The van der Waals surface area contributed by atoms with Gasteiger partial charge in [-0.05, 0) is 17.5 Å². The zero-order chi connectivity index (χ0) is 22.8. The van der Waals surface area contributed by atoms with Crippen molar-refractivity contribution in [2.24, 2.45) is 5.92 Å². The maximum absolute atomic E-state index is 15.2. The number of nitrogens with one attached hydrogen (secondary N) is 1. The number of aromatic nitrogens is 4. The largest absolute Gasteiger partial charge is 0.364 e. The number of alkyl halides is 1. The summed E-state index contributed by atoms with van der Waals surface area (Å²) in [6.45, 7) is 4.53. The van der Waals surface area contributed by atoms with Gasteiger partial charge in [-0.2, -0.15) is 0 Å². The maximum atomic E-state index is 15.2. The second kappa shape index (κ2) is 9.27. The van der Waals surface area contributed by atoms with Gasteiger partial charge in [-0.1, -0.05) is 74.5 Å². The van der Waals surface area contributed by atoms with Crippen LogP contribution in [0, 0.1) is 5.92 Å². The Bertz CT molecular complexity index is 1210. The second-order valence-electron chi connectivity index (χ2n) is 8.59. The van der Waals surface area contributed by atoms with Gasteiger partial charge in [0.2, 0.25) is 0 Å². The quantitative estimate of drug-likeness (QED) is 0.418. The molecule has 5 rings (SSSR count). The Morgan fingerprint density at radius 1 is 1.00 bits per heavy atom. The lowest BCUT2D eigenvalue weighted by atomic mass is 10.00. The highest BCUT2D eigenvalue weighted by molar-refractivity contribution is 5.83. The van der Waals surface area contributed by atoms with E-state index >= 15 is 4.39 Å². The van der Waals surface area contributed by atoms with Gasteiger partial charge in [0.1, 0.15) is 5.82 Å². The summed E-state index contributed by atoms with van der Waals surface area (Å²) < 4.78 is 23.0. The molecule has 33 heavy (non-hydrogen) atoms. The molecule has 2 aromatic carbocycles. The fourth-order valence-corrected chi connectivity index (χ4v) is 4.44. The zero-order valence-corrected chi connectivity index (χ0v) is 18.9. The van der Waals surface area contributed by atoms with Crippen molar-refractivity contribution in [3.8, 4) is 0 Å². The number of hydrogen-bond acceptors (Lipinski definition) is 5. The second-order valence-corrected chi connectivity index (χ2v) is 8.59. The standard InChI is InChI=1S/C26H28FN5O/c1-3-20-17(2)22(27)26(33-20)32-16-29-23-24(28-15-19-12-8-5-9-13-19)30-21(31-25(23)32)14-18-10-6-4-7-11-18/h4-13,16-17,20,22,26H,3,14-15H2,1-2H3,(H,28,30,31)/t17-,20-,22+,26-/m1/s1. The van der Waals surface area contributed by atoms with E-state index in [1.807, 2.05) is 62.4 Å². The summed E-state index contributed by atoms with van der Waals surface area (Å²) in [4.78, 5) is 14.2. The lowest BCUT2D eigenvalue weighted by Gasteiger charge is -2.16. The Morgan fingerprint density at radius 2 is 1.70 bits per heavy atom. The highest BCUT2D eigenvalue weighted by Gasteiger charge is 2.43. The van der Waals surface area contributed by atoms with Gasteiger partial charge in [0.05, 0.1) is 12.4 Å². The lowest BCUT2D eigenvalue weighted by molar-refractivity contribution is -0.0186. The van der Waals surface area contributed by atoms with E-state index in [0.29, 0.717) is 35.8 Å². The molecule has 0 unspecified atom stereocenters. The summed E-state index contributed by atoms with van der Waals surface area (Å²) in [5.41, 5.74) is 3.45. The minimum absolute atomic E-state index is 0.122. The topological polar surface area (TPSA) is 64.9 Å². The summed E-state index contributed by atoms with van der Waals surface area (Å²) in [7, 11) is 0. The van der Waals surface area contributed by atoms with E-state index in [4.69, 9.17) is 14.7 Å². The lowest BCUT2D eigenvalue weighted by Crippen LogP contribution is -2.20. The number of anilines is 1. The van der Waals surface area contributed by atoms with Crippen molar-refractivity contribution >= 4 is 17.0 Å². The molecular weight excluding hydrogens is 417 g/mol. The van der Waals surface area contributed by atoms with Crippen LogP contribution in [0.15, 0.2) is 67.0 Å². The van der Waals surface area contributed by atoms with Crippen molar-refractivity contribution in [1.29, 1.82) is 0 Å². The van der Waals surface area contributed by atoms with Crippen LogP contribution in [0.3, 0.4) is 0 Å². The predicted octanol–water partition coefficient (Wildman–Crippen LogP) is 5.31. The average molecular weight is 446 g/mol. The summed E-state index contributed by atoms with van der Waals surface area (Å²) in [6.07, 6.45) is 0.978. The van der Waals surface area contributed by atoms with Crippen molar-refractivity contribution in [2.75, 3.05) is 5.32 Å². The molecule has 1 saturated heterocycles. The smallest absolute Gasteiger partial charge is 0.168 e. The molecule has 0 saturated carbocycles. The van der Waals surface area contributed by atoms with Gasteiger partial charge in [0.15, 0.2) is 29.4 Å². The van der Waals surface area contributed by atoms with Crippen LogP contribution in [0.25, 0.3) is 11.2 Å². The molecule has 7 heteroatoms. The summed E-state index contributed by atoms with van der Waals surface area (Å²) >= 11 is 0. The molecule has 4 atom stereocenters. The van der Waals surface area contributed by atoms with E-state index < -0.39 is 12.4 Å². The zero-order valence-electron chi connectivity index (χ0n) is 18.9. The number of rotatable bonds is 7. The molecule has 3 heterocycles. The molecule has 1 aliphatic heterocycles. The molecular formula is C26H28FN5O. The normalized spacial score (nSPS) is 22.6. The molecule has 1 aliphatic rings. The Labute approximate surface area is 192 Å². The molecule has 6 nitrogen and oxygen atoms in total. The van der Waals surface area contributed by atoms with Crippen molar-refractivity contribution < 1.29 is 9.13 Å². The molecule has 0 radical (unpaired) electrons. The van der Waals surface area contributed by atoms with Gasteiger partial charge >= 0.3 is 0 Å². The first-order valence-electron chi connectivity index (χ1n) is 11.5. The van der Waals surface area contributed by atoms with E-state index in [9.17, 15) is 0 Å². The molecule has 170 valence electrons. The van der Waals surface area contributed by atoms with E-state index in [1.165, 1.54) is 0 Å². The Hall–Kier alpha value is -3.32. The van der Waals surface area contributed by atoms with Crippen molar-refractivity contribution in [3.05, 3.63) is 83.9 Å². The third-order valence-corrected chi connectivity index (χ3v) is 6.33. The molecule has 4 aromatic rings. The van der Waals surface area contributed by atoms with Crippen LogP contribution in [0.1, 0.15) is 43.4 Å². The van der Waals surface area contributed by atoms with Gasteiger partial charge in [0.25, 0.3) is 0 Å². The average Bonchev–Trinajstić information content (AvgIpc) is 3.39. The highest BCUT2D eigenvalue weighted by atomic mass is 19.1. The number of hydrogen-bond donors (Lipinski definition) is 1. The molecule has 2 aromatic heterocycles. The van der Waals surface area contributed by atoms with Gasteiger partial charge in [-0.3, -0.25) is 4.57 Å². The minimum Gasteiger partial charge on any atom is -0.364 e. The highest BCUT2D eigenvalue weighted by Crippen LogP contribution is 2.39. The first-order valence-corrected chi connectivity index (χ1v) is 11.5. The van der Waals surface area contributed by atoms with E-state index in [2.05, 4.69) is 22.4 Å². The number of ether oxygens (including phenoxy) is 1. The monoisotopic (exact) mass is 445 g/mol. The van der Waals surface area contributed by atoms with Gasteiger partial charge in [-0.25, -0.2) is 19.3 Å². The van der Waals surface area contributed by atoms with Crippen LogP contribution in [-0.2, 0) is 17.7 Å². The SMILES string of the molecule is CC[C@H]1O[C@@H](n2cnc3c(NCc4ccccc4)nc(Cc4ccccc4)nc32)[C@@H](F)[C@@H]1C. The fourth-order valence-electron chi connectivity index (χ4n) is 4.44. The molecule has 0 bridgehead atoms. The first-order chi connectivity index (χ1) is 16.1. The van der Waals surface area contributed by atoms with Gasteiger partial charge in [-0.15, -0.1) is 0 Å². The van der Waals surface area contributed by atoms with Crippen LogP contribution < -0.4 is 5.32 Å². The predicted molar refractivity (Wildman–Crippen MR) is 127 cm³/mol. The van der Waals surface area contributed by atoms with E-state index in [0.717, 1.165) is 17.5 Å². The summed E-state index contributed by atoms with van der Waals surface area (Å²) in [6, 6.07) is 20.2. The van der Waals surface area contributed by atoms with Crippen LogP contribution in [0.5, 0.6) is 0 Å². The van der Waals surface area contributed by atoms with Crippen molar-refractivity contribution in [2.45, 2.75) is 51.7 Å². The van der Waals surface area contributed by atoms with E-state index in [1.54, 1.807) is 10.9 Å². The Kier molecular flexibility index (Phi) is 6.05. The van der Waals surface area contributed by atoms with Crippen LogP contribution >= 0.6 is 0 Å². The molecule has 1 fully saturated rings. The number of imidazole rings is 1. The maximum Gasteiger partial charge on any atom is 0.168 e. The third-order valence-electron chi connectivity index (χ3n) is 6.33. The van der Waals surface area contributed by atoms with Gasteiger partial charge in [0, 0.05) is 18.9 Å². The van der Waals surface area contributed by atoms with Crippen LogP contribution in [0.2, 0.25) is 0 Å². The number of benzene rings is 2. The Morgan fingerprint density at radius 3 is 2.36 bits per heavy atom. The van der Waals surface area contributed by atoms with Crippen molar-refractivity contribution in [1.82, 2.24) is 19.5 Å². The first kappa shape index (κ1) is 21.5. The van der Waals surface area contributed by atoms with Gasteiger partial charge < -0.3 is 10.1 Å². The number of fused-ring (bicyclic) bond motifs is 1. The minimum atomic E-state index is -1.12. The molecule has 0 aliphatic carbocycles. The summed E-state index contributed by atoms with van der Waals surface area (Å²) in [5.74, 6) is 1.11. The summed E-state index contributed by atoms with van der Waals surface area (Å²) in [5, 5.41) is 3.41.